The third-order valence-corrected chi connectivity index (χ3v) is 5.58. The van der Waals surface area contributed by atoms with Crippen LogP contribution in [-0.2, 0) is 4.79 Å². The van der Waals surface area contributed by atoms with Gasteiger partial charge in [0, 0.05) is 21.7 Å². The molecule has 0 fully saturated rings. The third-order valence-electron chi connectivity index (χ3n) is 3.48. The molecule has 2 N–H and O–H groups in total. The van der Waals surface area contributed by atoms with Crippen molar-refractivity contribution in [2.75, 3.05) is 5.32 Å². The van der Waals surface area contributed by atoms with Gasteiger partial charge in [0.15, 0.2) is 5.09 Å². The molecule has 3 rings (SSSR count). The van der Waals surface area contributed by atoms with Crippen LogP contribution in [0, 0.1) is 11.3 Å². The topological polar surface area (TPSA) is 86.3 Å². The average molecular weight is 476 g/mol. The molecule has 0 aliphatic carbocycles. The highest BCUT2D eigenvalue weighted by Crippen LogP contribution is 2.36. The number of furan rings is 1. The van der Waals surface area contributed by atoms with Crippen molar-refractivity contribution in [1.82, 2.24) is 0 Å². The summed E-state index contributed by atoms with van der Waals surface area (Å²) in [6.07, 6.45) is 1.37. The number of carbonyl (C=O) groups excluding carboxylic acids is 1. The van der Waals surface area contributed by atoms with Crippen molar-refractivity contribution < 1.29 is 14.3 Å². The van der Waals surface area contributed by atoms with E-state index in [0.717, 1.165) is 4.90 Å². The van der Waals surface area contributed by atoms with Gasteiger partial charge in [0.25, 0.3) is 5.91 Å². The number of amides is 1. The minimum absolute atomic E-state index is 0.0835. The maximum Gasteiger partial charge on any atom is 0.266 e. The zero-order valence-corrected chi connectivity index (χ0v) is 17.3. The first-order chi connectivity index (χ1) is 13.4. The van der Waals surface area contributed by atoms with Crippen molar-refractivity contribution in [3.63, 3.8) is 0 Å². The van der Waals surface area contributed by atoms with Gasteiger partial charge in [-0.05, 0) is 70.5 Å². The van der Waals surface area contributed by atoms with Gasteiger partial charge in [-0.2, -0.15) is 5.26 Å². The van der Waals surface area contributed by atoms with E-state index in [9.17, 15) is 15.2 Å². The van der Waals surface area contributed by atoms with Crippen LogP contribution in [0.1, 0.15) is 5.76 Å². The molecule has 0 unspecified atom stereocenters. The second-order valence-electron chi connectivity index (χ2n) is 5.51. The van der Waals surface area contributed by atoms with Crippen LogP contribution in [0.3, 0.4) is 0 Å². The van der Waals surface area contributed by atoms with Gasteiger partial charge in [-0.1, -0.05) is 23.4 Å². The Kier molecular flexibility index (Phi) is 6.47. The molecular weight excluding hydrogens is 464 g/mol. The summed E-state index contributed by atoms with van der Waals surface area (Å²) in [4.78, 5) is 13.2. The number of phenolic OH excluding ortho intramolecular Hbond substituents is 1. The molecule has 1 heterocycles. The summed E-state index contributed by atoms with van der Waals surface area (Å²) in [6.45, 7) is 0. The number of rotatable bonds is 5. The normalized spacial score (nSPS) is 11.1. The quantitative estimate of drug-likeness (QED) is 0.265. The number of carbonyl (C=O) groups is 1. The molecule has 28 heavy (non-hydrogen) atoms. The first-order valence-corrected chi connectivity index (χ1v) is 9.88. The predicted octanol–water partition coefficient (Wildman–Crippen LogP) is 6.10. The Labute approximate surface area is 178 Å². The monoisotopic (exact) mass is 474 g/mol. The van der Waals surface area contributed by atoms with Crippen LogP contribution in [0.2, 0.25) is 5.02 Å². The standard InChI is InChI=1S/C20H12BrClN2O3S/c21-18-10-16(27-20(18)28-17-7-1-13(22)2-8-17)9-12(11-23)19(26)24-14-3-5-15(25)6-4-14/h1-10,25H,(H,24,26). The molecular formula is C20H12BrClN2O3S. The summed E-state index contributed by atoms with van der Waals surface area (Å²) in [7, 11) is 0. The van der Waals surface area contributed by atoms with Crippen LogP contribution >= 0.6 is 39.3 Å². The van der Waals surface area contributed by atoms with Crippen molar-refractivity contribution in [1.29, 1.82) is 5.26 Å². The van der Waals surface area contributed by atoms with Gasteiger partial charge in [0.2, 0.25) is 0 Å². The van der Waals surface area contributed by atoms with Crippen molar-refractivity contribution in [3.05, 3.63) is 75.4 Å². The van der Waals surface area contributed by atoms with E-state index in [1.807, 2.05) is 18.2 Å². The molecule has 0 spiro atoms. The fraction of sp³-hybridized carbons (Fsp3) is 0. The van der Waals surface area contributed by atoms with Crippen molar-refractivity contribution in [2.45, 2.75) is 9.99 Å². The molecule has 8 heteroatoms. The van der Waals surface area contributed by atoms with Crippen molar-refractivity contribution in [3.8, 4) is 11.8 Å². The Morgan fingerprint density at radius 3 is 2.54 bits per heavy atom. The molecule has 1 amide bonds. The molecule has 140 valence electrons. The van der Waals surface area contributed by atoms with Gasteiger partial charge in [0.1, 0.15) is 23.2 Å². The summed E-state index contributed by atoms with van der Waals surface area (Å²) >= 11 is 10.7. The summed E-state index contributed by atoms with van der Waals surface area (Å²) in [5, 5.41) is 22.4. The molecule has 0 saturated carbocycles. The molecule has 5 nitrogen and oxygen atoms in total. The van der Waals surface area contributed by atoms with E-state index < -0.39 is 5.91 Å². The number of aromatic hydroxyl groups is 1. The zero-order chi connectivity index (χ0) is 20.1. The second-order valence-corrected chi connectivity index (χ2v) is 7.85. The second kappa shape index (κ2) is 9.02. The Hall–Kier alpha value is -2.66. The molecule has 0 aliphatic heterocycles. The minimum atomic E-state index is -0.576. The lowest BCUT2D eigenvalue weighted by Gasteiger charge is -2.03. The molecule has 0 aliphatic rings. The first-order valence-electron chi connectivity index (χ1n) is 7.89. The van der Waals surface area contributed by atoms with Gasteiger partial charge in [-0.15, -0.1) is 0 Å². The Bertz CT molecular complexity index is 1070. The van der Waals surface area contributed by atoms with Gasteiger partial charge in [0.05, 0.1) is 4.47 Å². The number of nitrogens with one attached hydrogen (secondary N) is 1. The van der Waals surface area contributed by atoms with Crippen LogP contribution in [0.4, 0.5) is 5.69 Å². The maximum atomic E-state index is 12.3. The van der Waals surface area contributed by atoms with Gasteiger partial charge in [-0.25, -0.2) is 0 Å². The smallest absolute Gasteiger partial charge is 0.266 e. The summed E-state index contributed by atoms with van der Waals surface area (Å²) in [5.41, 5.74) is 0.348. The fourth-order valence-corrected chi connectivity index (χ4v) is 3.61. The van der Waals surface area contributed by atoms with E-state index in [0.29, 0.717) is 26.0 Å². The molecule has 0 saturated heterocycles. The lowest BCUT2D eigenvalue weighted by molar-refractivity contribution is -0.112. The fourth-order valence-electron chi connectivity index (χ4n) is 2.15. The van der Waals surface area contributed by atoms with Gasteiger partial charge in [-0.3, -0.25) is 4.79 Å². The number of halogens is 2. The highest BCUT2D eigenvalue weighted by molar-refractivity contribution is 9.10. The van der Waals surface area contributed by atoms with Crippen molar-refractivity contribution in [2.24, 2.45) is 0 Å². The summed E-state index contributed by atoms with van der Waals surface area (Å²) < 4.78 is 6.44. The lowest BCUT2D eigenvalue weighted by Crippen LogP contribution is -2.13. The van der Waals surface area contributed by atoms with E-state index in [-0.39, 0.29) is 11.3 Å². The number of hydrogen-bond donors (Lipinski definition) is 2. The van der Waals surface area contributed by atoms with E-state index in [2.05, 4.69) is 21.2 Å². The van der Waals surface area contributed by atoms with Gasteiger partial charge >= 0.3 is 0 Å². The number of hydrogen-bond acceptors (Lipinski definition) is 5. The molecule has 1 aromatic heterocycles. The molecule has 0 bridgehead atoms. The summed E-state index contributed by atoms with van der Waals surface area (Å²) in [6, 6.07) is 16.8. The Morgan fingerprint density at radius 1 is 1.21 bits per heavy atom. The number of benzene rings is 2. The third kappa shape index (κ3) is 5.20. The van der Waals surface area contributed by atoms with E-state index in [1.54, 1.807) is 18.2 Å². The predicted molar refractivity (Wildman–Crippen MR) is 112 cm³/mol. The van der Waals surface area contributed by atoms with Crippen LogP contribution in [0.5, 0.6) is 5.75 Å². The Balaban J connectivity index is 1.77. The molecule has 0 atom stereocenters. The van der Waals surface area contributed by atoms with E-state index in [1.165, 1.54) is 42.1 Å². The number of nitrogens with zero attached hydrogens (tertiary/aromatic N) is 1. The number of anilines is 1. The number of nitriles is 1. The Morgan fingerprint density at radius 2 is 1.89 bits per heavy atom. The molecule has 0 radical (unpaired) electrons. The SMILES string of the molecule is N#CC(=Cc1cc(Br)c(Sc2ccc(Cl)cc2)o1)C(=O)Nc1ccc(O)cc1. The highest BCUT2D eigenvalue weighted by Gasteiger charge is 2.14. The lowest BCUT2D eigenvalue weighted by atomic mass is 10.2. The summed E-state index contributed by atoms with van der Waals surface area (Å²) in [5.74, 6) is -0.131. The minimum Gasteiger partial charge on any atom is -0.508 e. The largest absolute Gasteiger partial charge is 0.508 e. The van der Waals surface area contributed by atoms with E-state index in [4.69, 9.17) is 16.0 Å². The molecule has 2 aromatic carbocycles. The van der Waals surface area contributed by atoms with Crippen LogP contribution in [-0.4, -0.2) is 11.0 Å². The maximum absolute atomic E-state index is 12.3. The van der Waals surface area contributed by atoms with Crippen molar-refractivity contribution >= 4 is 57.0 Å². The van der Waals surface area contributed by atoms with Crippen LogP contribution < -0.4 is 5.32 Å². The average Bonchev–Trinajstić information content (AvgIpc) is 3.02. The molecule has 3 aromatic rings. The highest BCUT2D eigenvalue weighted by atomic mass is 79.9. The zero-order valence-electron chi connectivity index (χ0n) is 14.1. The van der Waals surface area contributed by atoms with Gasteiger partial charge < -0.3 is 14.8 Å². The van der Waals surface area contributed by atoms with E-state index >= 15 is 0 Å². The van der Waals surface area contributed by atoms with Crippen LogP contribution in [0.25, 0.3) is 6.08 Å². The van der Waals surface area contributed by atoms with Crippen LogP contribution in [0.15, 0.2) is 79.0 Å². The number of phenols is 1. The first kappa shape index (κ1) is 20.1.